The molecule has 0 amide bonds. The first-order valence-corrected chi connectivity index (χ1v) is 9.22. The number of nitrogens with zero attached hydrogens (tertiary/aromatic N) is 2. The molecule has 1 aromatic carbocycles. The summed E-state index contributed by atoms with van der Waals surface area (Å²) in [6.07, 6.45) is 4.11. The fourth-order valence-electron chi connectivity index (χ4n) is 3.58. The third kappa shape index (κ3) is 5.79. The number of hydrogen-bond acceptors (Lipinski definition) is 5. The molecule has 1 N–H and O–H groups in total. The number of nitro groups is 1. The van der Waals surface area contributed by atoms with Crippen LogP contribution in [0.15, 0.2) is 30.5 Å². The van der Waals surface area contributed by atoms with E-state index in [1.807, 2.05) is 51.2 Å². The SMILES string of the molecule is CC(C)(C)OC=O.CN1CCCC1C(C[N+](=O)[O-])c1c[nH]c2ccccc12. The average molecular weight is 375 g/mol. The predicted octanol–water partition coefficient (Wildman–Crippen LogP) is 3.58. The molecule has 1 aromatic heterocycles. The van der Waals surface area contributed by atoms with Crippen molar-refractivity contribution >= 4 is 17.4 Å². The Morgan fingerprint density at radius 3 is 2.63 bits per heavy atom. The van der Waals surface area contributed by atoms with E-state index in [4.69, 9.17) is 0 Å². The van der Waals surface area contributed by atoms with E-state index in [1.165, 1.54) is 0 Å². The molecule has 2 atom stereocenters. The number of hydrogen-bond donors (Lipinski definition) is 1. The van der Waals surface area contributed by atoms with Crippen LogP contribution in [0.3, 0.4) is 0 Å². The maximum Gasteiger partial charge on any atom is 0.293 e. The van der Waals surface area contributed by atoms with Gasteiger partial charge in [-0.15, -0.1) is 0 Å². The van der Waals surface area contributed by atoms with E-state index in [0.29, 0.717) is 6.47 Å². The fraction of sp³-hybridized carbons (Fsp3) is 0.550. The van der Waals surface area contributed by atoms with Gasteiger partial charge in [-0.1, -0.05) is 18.2 Å². The molecule has 0 saturated carbocycles. The second-order valence-corrected chi connectivity index (χ2v) is 7.93. The highest BCUT2D eigenvalue weighted by molar-refractivity contribution is 5.83. The molecule has 0 bridgehead atoms. The molecular weight excluding hydrogens is 346 g/mol. The molecule has 2 aromatic rings. The van der Waals surface area contributed by atoms with Crippen LogP contribution in [0.4, 0.5) is 0 Å². The van der Waals surface area contributed by atoms with Crippen molar-refractivity contribution in [3.05, 3.63) is 46.1 Å². The number of fused-ring (bicyclic) bond motifs is 1. The van der Waals surface area contributed by atoms with Crippen LogP contribution in [0, 0.1) is 10.1 Å². The fourth-order valence-corrected chi connectivity index (χ4v) is 3.58. The maximum atomic E-state index is 11.1. The Morgan fingerprint density at radius 1 is 1.41 bits per heavy atom. The minimum atomic E-state index is -0.318. The second kappa shape index (κ2) is 8.99. The van der Waals surface area contributed by atoms with Crippen LogP contribution >= 0.6 is 0 Å². The molecule has 1 aliphatic rings. The number of para-hydroxylation sites is 1. The van der Waals surface area contributed by atoms with E-state index in [2.05, 4.69) is 21.7 Å². The third-order valence-electron chi connectivity index (χ3n) is 4.81. The van der Waals surface area contributed by atoms with Crippen molar-refractivity contribution in [2.45, 2.75) is 51.2 Å². The van der Waals surface area contributed by atoms with E-state index >= 15 is 0 Å². The van der Waals surface area contributed by atoms with Crippen LogP contribution in [-0.4, -0.2) is 53.1 Å². The van der Waals surface area contributed by atoms with Crippen LogP contribution in [-0.2, 0) is 9.53 Å². The molecule has 0 radical (unpaired) electrons. The van der Waals surface area contributed by atoms with Crippen LogP contribution in [0.5, 0.6) is 0 Å². The Labute approximate surface area is 159 Å². The molecular formula is C20H29N3O4. The van der Waals surface area contributed by atoms with Crippen molar-refractivity contribution < 1.29 is 14.5 Å². The molecule has 0 aliphatic carbocycles. The Balaban J connectivity index is 0.000000321. The second-order valence-electron chi connectivity index (χ2n) is 7.93. The van der Waals surface area contributed by atoms with E-state index in [1.54, 1.807) is 0 Å². The summed E-state index contributed by atoms with van der Waals surface area (Å²) in [5.74, 6) is -0.0475. The number of likely N-dealkylation sites (N-methyl/N-ethyl adjacent to an activating group) is 1. The van der Waals surface area contributed by atoms with Crippen LogP contribution < -0.4 is 0 Å². The predicted molar refractivity (Wildman–Crippen MR) is 105 cm³/mol. The Hall–Kier alpha value is -2.41. The molecule has 148 valence electrons. The van der Waals surface area contributed by atoms with E-state index < -0.39 is 0 Å². The van der Waals surface area contributed by atoms with Gasteiger partial charge in [-0.25, -0.2) is 0 Å². The summed E-state index contributed by atoms with van der Waals surface area (Å²) in [7, 11) is 2.07. The number of carbonyl (C=O) groups excluding carboxylic acids is 1. The zero-order chi connectivity index (χ0) is 20.0. The summed E-state index contributed by atoms with van der Waals surface area (Å²) in [6, 6.07) is 8.29. The highest BCUT2D eigenvalue weighted by Gasteiger charge is 2.34. The standard InChI is InChI=1S/C15H19N3O2.C5H10O2/c1-17-8-4-7-15(17)13(10-18(19)20)12-9-16-14-6-3-2-5-11(12)14;1-5(2,3)7-4-6/h2-3,5-6,9,13,15-16H,4,7-8,10H2,1H3;4H,1-3H3. The summed E-state index contributed by atoms with van der Waals surface area (Å²) >= 11 is 0. The van der Waals surface area contributed by atoms with Crippen LogP contribution in [0.2, 0.25) is 0 Å². The lowest BCUT2D eigenvalue weighted by Gasteiger charge is -2.26. The summed E-state index contributed by atoms with van der Waals surface area (Å²) in [5, 5.41) is 12.2. The lowest BCUT2D eigenvalue weighted by Crippen LogP contribution is -2.34. The number of ether oxygens (including phenoxy) is 1. The molecule has 1 fully saturated rings. The van der Waals surface area contributed by atoms with Gasteiger partial charge < -0.3 is 14.6 Å². The number of aromatic nitrogens is 1. The Morgan fingerprint density at radius 2 is 2.11 bits per heavy atom. The summed E-state index contributed by atoms with van der Waals surface area (Å²) in [4.78, 5) is 26.0. The van der Waals surface area contributed by atoms with Gasteiger partial charge in [0.15, 0.2) is 0 Å². The quantitative estimate of drug-likeness (QED) is 0.490. The number of H-pyrrole nitrogens is 1. The van der Waals surface area contributed by atoms with Crippen molar-refractivity contribution in [2.75, 3.05) is 20.1 Å². The molecule has 3 rings (SSSR count). The largest absolute Gasteiger partial charge is 0.462 e. The monoisotopic (exact) mass is 375 g/mol. The Bertz CT molecular complexity index is 766. The van der Waals surface area contributed by atoms with Crippen molar-refractivity contribution in [1.82, 2.24) is 9.88 Å². The molecule has 7 heteroatoms. The van der Waals surface area contributed by atoms with Gasteiger partial charge in [0.25, 0.3) is 6.47 Å². The van der Waals surface area contributed by atoms with E-state index in [9.17, 15) is 14.9 Å². The van der Waals surface area contributed by atoms with Gasteiger partial charge in [0.2, 0.25) is 6.54 Å². The third-order valence-corrected chi connectivity index (χ3v) is 4.81. The zero-order valence-corrected chi connectivity index (χ0v) is 16.5. The highest BCUT2D eigenvalue weighted by Crippen LogP contribution is 2.34. The van der Waals surface area contributed by atoms with Crippen LogP contribution in [0.1, 0.15) is 45.1 Å². The molecule has 2 heterocycles. The van der Waals surface area contributed by atoms with Crippen LogP contribution in [0.25, 0.3) is 10.9 Å². The van der Waals surface area contributed by atoms with Gasteiger partial charge in [-0.2, -0.15) is 0 Å². The van der Waals surface area contributed by atoms with Gasteiger partial charge in [0.1, 0.15) is 5.60 Å². The molecule has 0 spiro atoms. The number of nitrogens with one attached hydrogen (secondary N) is 1. The molecule has 1 aliphatic heterocycles. The Kier molecular flexibility index (Phi) is 6.96. The number of carbonyl (C=O) groups is 1. The number of benzene rings is 1. The van der Waals surface area contributed by atoms with Gasteiger partial charge in [-0.05, 0) is 58.8 Å². The van der Waals surface area contributed by atoms with Gasteiger partial charge in [0.05, 0.1) is 5.92 Å². The normalized spacial score (nSPS) is 18.6. The first kappa shape index (κ1) is 20.9. The maximum absolute atomic E-state index is 11.1. The topological polar surface area (TPSA) is 88.5 Å². The number of rotatable bonds is 5. The van der Waals surface area contributed by atoms with Crippen molar-refractivity contribution in [2.24, 2.45) is 0 Å². The first-order valence-electron chi connectivity index (χ1n) is 9.22. The summed E-state index contributed by atoms with van der Waals surface area (Å²) < 4.78 is 4.55. The number of likely N-dealkylation sites (tertiary alicyclic amines) is 1. The lowest BCUT2D eigenvalue weighted by molar-refractivity contribution is -0.484. The van der Waals surface area contributed by atoms with Gasteiger partial charge in [-0.3, -0.25) is 14.9 Å². The minimum Gasteiger partial charge on any atom is -0.462 e. The lowest BCUT2D eigenvalue weighted by atomic mass is 9.89. The van der Waals surface area contributed by atoms with Gasteiger partial charge in [0, 0.05) is 28.1 Å². The summed E-state index contributed by atoms with van der Waals surface area (Å²) in [6.45, 7) is 6.95. The van der Waals surface area contributed by atoms with Gasteiger partial charge >= 0.3 is 0 Å². The minimum absolute atomic E-state index is 0.00312. The van der Waals surface area contributed by atoms with E-state index in [0.717, 1.165) is 35.9 Å². The average Bonchev–Trinajstić information content (AvgIpc) is 3.18. The first-order chi connectivity index (χ1) is 12.7. The zero-order valence-electron chi connectivity index (χ0n) is 16.5. The van der Waals surface area contributed by atoms with Crippen molar-refractivity contribution in [3.8, 4) is 0 Å². The number of aromatic amines is 1. The van der Waals surface area contributed by atoms with Crippen molar-refractivity contribution in [1.29, 1.82) is 0 Å². The van der Waals surface area contributed by atoms with Crippen molar-refractivity contribution in [3.63, 3.8) is 0 Å². The molecule has 7 nitrogen and oxygen atoms in total. The molecule has 2 unspecified atom stereocenters. The smallest absolute Gasteiger partial charge is 0.293 e. The molecule has 1 saturated heterocycles. The summed E-state index contributed by atoms with van der Waals surface area (Å²) in [5.41, 5.74) is 1.81. The molecule has 27 heavy (non-hydrogen) atoms. The highest BCUT2D eigenvalue weighted by atomic mass is 16.6. The van der Waals surface area contributed by atoms with E-state index in [-0.39, 0.29) is 29.0 Å².